The van der Waals surface area contributed by atoms with Gasteiger partial charge in [0.25, 0.3) is 0 Å². The van der Waals surface area contributed by atoms with Gasteiger partial charge in [-0.05, 0) is 38.0 Å². The molecule has 2 atom stereocenters. The Labute approximate surface area is 89.4 Å². The van der Waals surface area contributed by atoms with Gasteiger partial charge in [-0.25, -0.2) is 4.39 Å². The summed E-state index contributed by atoms with van der Waals surface area (Å²) in [5.41, 5.74) is 1.51. The van der Waals surface area contributed by atoms with Gasteiger partial charge in [-0.1, -0.05) is 6.07 Å². The minimum atomic E-state index is -0.186. The summed E-state index contributed by atoms with van der Waals surface area (Å²) in [6.45, 7) is 4.65. The molecule has 15 heavy (non-hydrogen) atoms. The average molecular weight is 209 g/mol. The van der Waals surface area contributed by atoms with Crippen molar-refractivity contribution in [2.24, 2.45) is 0 Å². The zero-order chi connectivity index (χ0) is 10.8. The number of nitrogens with one attached hydrogen (secondary N) is 1. The number of benzene rings is 1. The first-order chi connectivity index (χ1) is 7.16. The summed E-state index contributed by atoms with van der Waals surface area (Å²) in [5.74, 6) is -0.186. The van der Waals surface area contributed by atoms with E-state index in [-0.39, 0.29) is 18.0 Å². The molecule has 2 nitrogen and oxygen atoms in total. The van der Waals surface area contributed by atoms with E-state index in [1.807, 2.05) is 19.9 Å². The summed E-state index contributed by atoms with van der Waals surface area (Å²) >= 11 is 0. The predicted octanol–water partition coefficient (Wildman–Crippen LogP) is 2.72. The van der Waals surface area contributed by atoms with Crippen LogP contribution in [0.5, 0.6) is 0 Å². The number of ether oxygens (including phenoxy) is 1. The summed E-state index contributed by atoms with van der Waals surface area (Å²) in [6, 6.07) is 5.46. The number of hydrogen-bond donors (Lipinski definition) is 1. The lowest BCUT2D eigenvalue weighted by Crippen LogP contribution is -2.27. The van der Waals surface area contributed by atoms with Crippen molar-refractivity contribution in [3.05, 3.63) is 29.6 Å². The summed E-state index contributed by atoms with van der Waals surface area (Å²) in [4.78, 5) is 0. The van der Waals surface area contributed by atoms with Crippen LogP contribution in [0.25, 0.3) is 0 Å². The Balaban J connectivity index is 2.10. The molecule has 0 aliphatic carbocycles. The summed E-state index contributed by atoms with van der Waals surface area (Å²) < 4.78 is 18.9. The van der Waals surface area contributed by atoms with Gasteiger partial charge in [0.15, 0.2) is 0 Å². The number of rotatable bonds is 2. The first-order valence-corrected chi connectivity index (χ1v) is 5.31. The van der Waals surface area contributed by atoms with Crippen LogP contribution in [0.3, 0.4) is 0 Å². The third-order valence-electron chi connectivity index (χ3n) is 2.84. The number of aryl methyl sites for hydroxylation is 1. The maximum Gasteiger partial charge on any atom is 0.146 e. The molecule has 0 amide bonds. The molecular formula is C12H16FNO. The topological polar surface area (TPSA) is 21.3 Å². The molecular weight excluding hydrogens is 193 g/mol. The molecule has 1 fully saturated rings. The quantitative estimate of drug-likeness (QED) is 0.808. The van der Waals surface area contributed by atoms with Gasteiger partial charge in [-0.2, -0.15) is 0 Å². The number of anilines is 1. The van der Waals surface area contributed by atoms with Gasteiger partial charge in [-0.3, -0.25) is 0 Å². The van der Waals surface area contributed by atoms with E-state index in [0.717, 1.165) is 18.6 Å². The second kappa shape index (κ2) is 4.19. The molecule has 1 aromatic rings. The third kappa shape index (κ3) is 2.29. The first-order valence-electron chi connectivity index (χ1n) is 5.31. The Kier molecular flexibility index (Phi) is 2.91. The van der Waals surface area contributed by atoms with Gasteiger partial charge in [0.1, 0.15) is 5.82 Å². The summed E-state index contributed by atoms with van der Waals surface area (Å²) in [6.07, 6.45) is 1.10. The van der Waals surface area contributed by atoms with Crippen LogP contribution in [-0.2, 0) is 4.74 Å². The standard InChI is InChI=1S/C12H16FNO/c1-8-3-4-12(10(13)7-8)14-11-5-6-15-9(11)2/h3-4,7,9,11,14H,5-6H2,1-2H3. The average Bonchev–Trinajstić information content (AvgIpc) is 2.57. The molecule has 1 aliphatic heterocycles. The molecule has 3 heteroatoms. The van der Waals surface area contributed by atoms with Crippen LogP contribution in [0.2, 0.25) is 0 Å². The minimum Gasteiger partial charge on any atom is -0.377 e. The van der Waals surface area contributed by atoms with E-state index in [9.17, 15) is 4.39 Å². The zero-order valence-electron chi connectivity index (χ0n) is 9.09. The Bertz CT molecular complexity index is 353. The fourth-order valence-electron chi connectivity index (χ4n) is 1.86. The highest BCUT2D eigenvalue weighted by atomic mass is 19.1. The molecule has 1 saturated heterocycles. The van der Waals surface area contributed by atoms with Crippen LogP contribution in [0.4, 0.5) is 10.1 Å². The van der Waals surface area contributed by atoms with Crippen LogP contribution in [0, 0.1) is 12.7 Å². The number of hydrogen-bond acceptors (Lipinski definition) is 2. The highest BCUT2D eigenvalue weighted by molar-refractivity contribution is 5.47. The van der Waals surface area contributed by atoms with Gasteiger partial charge < -0.3 is 10.1 Å². The SMILES string of the molecule is Cc1ccc(NC2CCOC2C)c(F)c1. The van der Waals surface area contributed by atoms with Crippen LogP contribution < -0.4 is 5.32 Å². The molecule has 1 N–H and O–H groups in total. The molecule has 0 radical (unpaired) electrons. The fourth-order valence-corrected chi connectivity index (χ4v) is 1.86. The molecule has 1 heterocycles. The fraction of sp³-hybridized carbons (Fsp3) is 0.500. The predicted molar refractivity (Wildman–Crippen MR) is 58.6 cm³/mol. The number of halogens is 1. The molecule has 0 spiro atoms. The molecule has 1 aromatic carbocycles. The first kappa shape index (κ1) is 10.4. The van der Waals surface area contributed by atoms with Crippen molar-refractivity contribution in [2.75, 3.05) is 11.9 Å². The highest BCUT2D eigenvalue weighted by Crippen LogP contribution is 2.21. The monoisotopic (exact) mass is 209 g/mol. The van der Waals surface area contributed by atoms with Crippen molar-refractivity contribution in [1.82, 2.24) is 0 Å². The van der Waals surface area contributed by atoms with Gasteiger partial charge in [0.2, 0.25) is 0 Å². The van der Waals surface area contributed by atoms with E-state index < -0.39 is 0 Å². The van der Waals surface area contributed by atoms with Crippen molar-refractivity contribution in [3.8, 4) is 0 Å². The summed E-state index contributed by atoms with van der Waals surface area (Å²) in [5, 5.41) is 3.19. The van der Waals surface area contributed by atoms with Crippen LogP contribution >= 0.6 is 0 Å². The maximum absolute atomic E-state index is 13.5. The van der Waals surface area contributed by atoms with Crippen molar-refractivity contribution in [3.63, 3.8) is 0 Å². The lowest BCUT2D eigenvalue weighted by Gasteiger charge is -2.17. The molecule has 82 valence electrons. The van der Waals surface area contributed by atoms with E-state index in [2.05, 4.69) is 5.32 Å². The molecule has 2 rings (SSSR count). The molecule has 1 aliphatic rings. The van der Waals surface area contributed by atoms with Crippen LogP contribution in [0.15, 0.2) is 18.2 Å². The second-order valence-electron chi connectivity index (χ2n) is 4.10. The van der Waals surface area contributed by atoms with Crippen LogP contribution in [0.1, 0.15) is 18.9 Å². The lowest BCUT2D eigenvalue weighted by molar-refractivity contribution is 0.121. The Morgan fingerprint density at radius 1 is 1.47 bits per heavy atom. The Morgan fingerprint density at radius 2 is 2.27 bits per heavy atom. The van der Waals surface area contributed by atoms with E-state index in [1.54, 1.807) is 12.1 Å². The molecule has 2 unspecified atom stereocenters. The summed E-state index contributed by atoms with van der Waals surface area (Å²) in [7, 11) is 0. The third-order valence-corrected chi connectivity index (χ3v) is 2.84. The van der Waals surface area contributed by atoms with Crippen molar-refractivity contribution in [2.45, 2.75) is 32.4 Å². The second-order valence-corrected chi connectivity index (χ2v) is 4.10. The van der Waals surface area contributed by atoms with E-state index in [0.29, 0.717) is 5.69 Å². The Morgan fingerprint density at radius 3 is 2.87 bits per heavy atom. The van der Waals surface area contributed by atoms with Crippen molar-refractivity contribution >= 4 is 5.69 Å². The van der Waals surface area contributed by atoms with E-state index in [4.69, 9.17) is 4.74 Å². The van der Waals surface area contributed by atoms with Gasteiger partial charge in [0, 0.05) is 6.61 Å². The maximum atomic E-state index is 13.5. The van der Waals surface area contributed by atoms with Gasteiger partial charge in [-0.15, -0.1) is 0 Å². The lowest BCUT2D eigenvalue weighted by atomic mass is 10.1. The van der Waals surface area contributed by atoms with Crippen molar-refractivity contribution in [1.29, 1.82) is 0 Å². The van der Waals surface area contributed by atoms with E-state index in [1.165, 1.54) is 0 Å². The molecule has 0 bridgehead atoms. The molecule has 0 aromatic heterocycles. The Hall–Kier alpha value is -1.09. The van der Waals surface area contributed by atoms with Gasteiger partial charge in [0.05, 0.1) is 17.8 Å². The highest BCUT2D eigenvalue weighted by Gasteiger charge is 2.24. The smallest absolute Gasteiger partial charge is 0.146 e. The van der Waals surface area contributed by atoms with Gasteiger partial charge >= 0.3 is 0 Å². The largest absolute Gasteiger partial charge is 0.377 e. The normalized spacial score (nSPS) is 25.5. The van der Waals surface area contributed by atoms with E-state index >= 15 is 0 Å². The van der Waals surface area contributed by atoms with Crippen LogP contribution in [-0.4, -0.2) is 18.8 Å². The van der Waals surface area contributed by atoms with Crippen molar-refractivity contribution < 1.29 is 9.13 Å². The zero-order valence-corrected chi connectivity index (χ0v) is 9.09. The minimum absolute atomic E-state index is 0.158. The molecule has 0 saturated carbocycles.